The first-order chi connectivity index (χ1) is 11.5. The molecule has 24 heavy (non-hydrogen) atoms. The summed E-state index contributed by atoms with van der Waals surface area (Å²) in [4.78, 5) is 37.6. The lowest BCUT2D eigenvalue weighted by Gasteiger charge is -2.33. The molecule has 126 valence electrons. The predicted molar refractivity (Wildman–Crippen MR) is 90.2 cm³/mol. The third-order valence-corrected chi connectivity index (χ3v) is 4.75. The SMILES string of the molecule is O=C(O)C1C=CCN2C(=O)C(CCS)(Cc3ccccc3)C(=O)N12. The van der Waals surface area contributed by atoms with Gasteiger partial charge in [0.25, 0.3) is 11.8 Å². The van der Waals surface area contributed by atoms with Gasteiger partial charge in [-0.3, -0.25) is 9.59 Å². The maximum absolute atomic E-state index is 13.1. The molecule has 2 heterocycles. The predicted octanol–water partition coefficient (Wildman–Crippen LogP) is 1.14. The van der Waals surface area contributed by atoms with Gasteiger partial charge in [-0.1, -0.05) is 42.5 Å². The molecule has 6 nitrogen and oxygen atoms in total. The van der Waals surface area contributed by atoms with E-state index in [1.165, 1.54) is 11.1 Å². The Morgan fingerprint density at radius 3 is 2.58 bits per heavy atom. The number of amides is 2. The summed E-state index contributed by atoms with van der Waals surface area (Å²) in [6.07, 6.45) is 3.57. The fourth-order valence-electron chi connectivity index (χ4n) is 3.36. The third-order valence-electron chi connectivity index (χ3n) is 4.52. The highest BCUT2D eigenvalue weighted by atomic mass is 32.1. The molecule has 7 heteroatoms. The normalized spacial score (nSPS) is 26.0. The molecule has 0 spiro atoms. The average Bonchev–Trinajstić information content (AvgIpc) is 2.79. The van der Waals surface area contributed by atoms with Crippen LogP contribution in [0.5, 0.6) is 0 Å². The monoisotopic (exact) mass is 346 g/mol. The highest BCUT2D eigenvalue weighted by molar-refractivity contribution is 7.80. The van der Waals surface area contributed by atoms with E-state index in [4.69, 9.17) is 0 Å². The van der Waals surface area contributed by atoms with Crippen molar-refractivity contribution in [1.82, 2.24) is 10.0 Å². The van der Waals surface area contributed by atoms with E-state index in [2.05, 4.69) is 12.6 Å². The highest BCUT2D eigenvalue weighted by Gasteiger charge is 2.60. The minimum absolute atomic E-state index is 0.206. The number of nitrogens with zero attached hydrogens (tertiary/aromatic N) is 2. The van der Waals surface area contributed by atoms with Crippen LogP contribution in [0.25, 0.3) is 0 Å². The van der Waals surface area contributed by atoms with Gasteiger partial charge in [0, 0.05) is 0 Å². The Balaban J connectivity index is 2.02. The second-order valence-electron chi connectivity index (χ2n) is 5.97. The molecule has 1 saturated heterocycles. The Kier molecular flexibility index (Phi) is 4.36. The summed E-state index contributed by atoms with van der Waals surface area (Å²) < 4.78 is 0. The second kappa shape index (κ2) is 6.32. The summed E-state index contributed by atoms with van der Waals surface area (Å²) in [5.41, 5.74) is -0.426. The summed E-state index contributed by atoms with van der Waals surface area (Å²) in [6.45, 7) is 0.206. The molecule has 3 rings (SSSR count). The summed E-state index contributed by atoms with van der Waals surface area (Å²) in [5.74, 6) is -1.60. The quantitative estimate of drug-likeness (QED) is 0.476. The lowest BCUT2D eigenvalue weighted by atomic mass is 9.78. The molecule has 2 aliphatic heterocycles. The van der Waals surface area contributed by atoms with Crippen molar-refractivity contribution >= 4 is 30.4 Å². The van der Waals surface area contributed by atoms with Crippen LogP contribution in [0.15, 0.2) is 42.5 Å². The maximum atomic E-state index is 13.1. The number of carboxylic acid groups (broad SMARTS) is 1. The number of carbonyl (C=O) groups excluding carboxylic acids is 2. The van der Waals surface area contributed by atoms with E-state index in [1.807, 2.05) is 30.3 Å². The number of benzene rings is 1. The Hall–Kier alpha value is -2.28. The van der Waals surface area contributed by atoms with Gasteiger partial charge in [0.1, 0.15) is 5.41 Å². The van der Waals surface area contributed by atoms with Gasteiger partial charge >= 0.3 is 5.97 Å². The zero-order valence-electron chi connectivity index (χ0n) is 13.0. The van der Waals surface area contributed by atoms with E-state index in [0.29, 0.717) is 5.75 Å². The molecule has 0 saturated carbocycles. The van der Waals surface area contributed by atoms with Gasteiger partial charge in [-0.25, -0.2) is 14.8 Å². The lowest BCUT2D eigenvalue weighted by molar-refractivity contribution is -0.161. The molecule has 2 unspecified atom stereocenters. The molecule has 1 fully saturated rings. The zero-order chi connectivity index (χ0) is 17.3. The topological polar surface area (TPSA) is 77.9 Å². The van der Waals surface area contributed by atoms with E-state index in [0.717, 1.165) is 10.6 Å². The Morgan fingerprint density at radius 1 is 1.25 bits per heavy atom. The van der Waals surface area contributed by atoms with Crippen LogP contribution >= 0.6 is 12.6 Å². The first kappa shape index (κ1) is 16.6. The molecule has 2 aliphatic rings. The van der Waals surface area contributed by atoms with E-state index in [9.17, 15) is 19.5 Å². The van der Waals surface area contributed by atoms with Crippen LogP contribution in [0.4, 0.5) is 0 Å². The van der Waals surface area contributed by atoms with Gasteiger partial charge in [-0.05, 0) is 24.2 Å². The van der Waals surface area contributed by atoms with Gasteiger partial charge in [-0.15, -0.1) is 0 Å². The number of carboxylic acids is 1. The molecule has 0 bridgehead atoms. The zero-order valence-corrected chi connectivity index (χ0v) is 13.9. The van der Waals surface area contributed by atoms with Crippen molar-refractivity contribution < 1.29 is 19.5 Å². The molecule has 0 radical (unpaired) electrons. The molecular weight excluding hydrogens is 328 g/mol. The van der Waals surface area contributed by atoms with E-state index in [1.54, 1.807) is 6.08 Å². The van der Waals surface area contributed by atoms with Gasteiger partial charge < -0.3 is 5.11 Å². The van der Waals surface area contributed by atoms with Crippen LogP contribution < -0.4 is 0 Å². The Labute approximate surface area is 145 Å². The molecule has 0 aliphatic carbocycles. The van der Waals surface area contributed by atoms with Crippen molar-refractivity contribution in [3.05, 3.63) is 48.0 Å². The Bertz CT molecular complexity index is 706. The van der Waals surface area contributed by atoms with Crippen LogP contribution in [0.1, 0.15) is 12.0 Å². The number of thiol groups is 1. The number of hydrogen-bond acceptors (Lipinski definition) is 4. The highest BCUT2D eigenvalue weighted by Crippen LogP contribution is 2.41. The standard InChI is InChI=1S/C17H18N2O4S/c20-14(21)13-7-4-9-18-15(22)17(8-10-24,16(23)19(13)18)11-12-5-2-1-3-6-12/h1-7,13,24H,8-11H2,(H,20,21). The molecule has 2 amide bonds. The third kappa shape index (κ3) is 2.49. The first-order valence-corrected chi connectivity index (χ1v) is 8.34. The van der Waals surface area contributed by atoms with Gasteiger partial charge in [0.2, 0.25) is 0 Å². The van der Waals surface area contributed by atoms with Crippen molar-refractivity contribution in [2.75, 3.05) is 12.3 Å². The van der Waals surface area contributed by atoms with E-state index < -0.39 is 23.3 Å². The fraction of sp³-hybridized carbons (Fsp3) is 0.353. The van der Waals surface area contributed by atoms with E-state index >= 15 is 0 Å². The van der Waals surface area contributed by atoms with Gasteiger partial charge in [-0.2, -0.15) is 12.6 Å². The van der Waals surface area contributed by atoms with E-state index in [-0.39, 0.29) is 25.3 Å². The van der Waals surface area contributed by atoms with Crippen LogP contribution in [-0.2, 0) is 20.8 Å². The fourth-order valence-corrected chi connectivity index (χ4v) is 3.74. The number of hydrogen-bond donors (Lipinski definition) is 2. The molecule has 1 N–H and O–H groups in total. The molecular formula is C17H18N2O4S. The average molecular weight is 346 g/mol. The summed E-state index contributed by atoms with van der Waals surface area (Å²) in [5, 5.41) is 11.7. The minimum atomic E-state index is -1.29. The van der Waals surface area contributed by atoms with Crippen LogP contribution in [-0.4, -0.2) is 51.2 Å². The minimum Gasteiger partial charge on any atom is -0.479 e. The summed E-state index contributed by atoms with van der Waals surface area (Å²) >= 11 is 4.22. The van der Waals surface area contributed by atoms with Crippen molar-refractivity contribution in [2.24, 2.45) is 5.41 Å². The number of aliphatic carboxylic acids is 1. The summed E-state index contributed by atoms with van der Waals surface area (Å²) in [6, 6.07) is 8.14. The number of carbonyl (C=O) groups is 3. The largest absolute Gasteiger partial charge is 0.479 e. The van der Waals surface area contributed by atoms with Crippen LogP contribution in [0, 0.1) is 5.41 Å². The smallest absolute Gasteiger partial charge is 0.332 e. The number of rotatable bonds is 5. The molecule has 0 aromatic heterocycles. The Morgan fingerprint density at radius 2 is 1.96 bits per heavy atom. The summed E-state index contributed by atoms with van der Waals surface area (Å²) in [7, 11) is 0. The molecule has 2 atom stereocenters. The van der Waals surface area contributed by atoms with Gasteiger partial charge in [0.15, 0.2) is 6.04 Å². The van der Waals surface area contributed by atoms with Crippen molar-refractivity contribution in [2.45, 2.75) is 18.9 Å². The number of fused-ring (bicyclic) bond motifs is 1. The number of hydrazine groups is 1. The maximum Gasteiger partial charge on any atom is 0.332 e. The van der Waals surface area contributed by atoms with Crippen molar-refractivity contribution in [3.63, 3.8) is 0 Å². The van der Waals surface area contributed by atoms with Crippen LogP contribution in [0.2, 0.25) is 0 Å². The van der Waals surface area contributed by atoms with Crippen LogP contribution in [0.3, 0.4) is 0 Å². The second-order valence-corrected chi connectivity index (χ2v) is 6.41. The van der Waals surface area contributed by atoms with Gasteiger partial charge in [0.05, 0.1) is 6.54 Å². The molecule has 1 aromatic rings. The lowest BCUT2D eigenvalue weighted by Crippen LogP contribution is -2.52. The molecule has 1 aromatic carbocycles. The first-order valence-electron chi connectivity index (χ1n) is 7.71. The van der Waals surface area contributed by atoms with Crippen molar-refractivity contribution in [1.29, 1.82) is 0 Å². The van der Waals surface area contributed by atoms with Crippen molar-refractivity contribution in [3.8, 4) is 0 Å².